The number of halogens is 2. The molecule has 0 radical (unpaired) electrons. The lowest BCUT2D eigenvalue weighted by Crippen LogP contribution is -2.24. The van der Waals surface area contributed by atoms with E-state index in [0.717, 1.165) is 5.56 Å². The summed E-state index contributed by atoms with van der Waals surface area (Å²) in [4.78, 5) is 15.5. The molecule has 82 valence electrons. The summed E-state index contributed by atoms with van der Waals surface area (Å²) in [5.74, 6) is 0.0948. The Labute approximate surface area is 103 Å². The van der Waals surface area contributed by atoms with Crippen LogP contribution in [0.15, 0.2) is 18.3 Å². The predicted molar refractivity (Wildman–Crippen MR) is 65.4 cm³/mol. The normalized spacial score (nSPS) is 13.7. The maximum absolute atomic E-state index is 12.0. The number of carbonyl (C=O) groups excluding carboxylic acids is 1. The molecule has 1 atom stereocenters. The highest BCUT2D eigenvalue weighted by atomic mass is 79.9. The largest absolute Gasteiger partial charge is 0.297 e. The van der Waals surface area contributed by atoms with Crippen molar-refractivity contribution in [2.75, 3.05) is 0 Å². The van der Waals surface area contributed by atoms with Gasteiger partial charge in [-0.1, -0.05) is 54.4 Å². The second kappa shape index (κ2) is 4.62. The Balaban J connectivity index is 3.01. The third kappa shape index (κ3) is 3.02. The first kappa shape index (κ1) is 12.7. The van der Waals surface area contributed by atoms with Crippen LogP contribution in [0.25, 0.3) is 0 Å². The van der Waals surface area contributed by atoms with Gasteiger partial charge >= 0.3 is 0 Å². The summed E-state index contributed by atoms with van der Waals surface area (Å²) in [5, 5.41) is 0.372. The van der Waals surface area contributed by atoms with Gasteiger partial charge in [0, 0.05) is 17.2 Å². The highest BCUT2D eigenvalue weighted by Crippen LogP contribution is 2.34. The van der Waals surface area contributed by atoms with Gasteiger partial charge in [0.1, 0.15) is 9.98 Å². The van der Waals surface area contributed by atoms with E-state index < -0.39 is 10.2 Å². The minimum Gasteiger partial charge on any atom is -0.297 e. The number of Topliss-reactive ketones (excluding diaryl/α,β-unsaturated/α-hetero) is 1. The lowest BCUT2D eigenvalue weighted by Gasteiger charge is -2.21. The number of carbonyl (C=O) groups is 1. The molecule has 0 aromatic carbocycles. The van der Waals surface area contributed by atoms with Gasteiger partial charge in [-0.25, -0.2) is 4.98 Å². The number of hydrogen-bond acceptors (Lipinski definition) is 2. The van der Waals surface area contributed by atoms with Crippen molar-refractivity contribution in [2.45, 2.75) is 25.6 Å². The van der Waals surface area contributed by atoms with Gasteiger partial charge in [0.05, 0.1) is 0 Å². The molecule has 0 fully saturated rings. The number of rotatable bonds is 2. The van der Waals surface area contributed by atoms with Gasteiger partial charge in [-0.15, -0.1) is 0 Å². The zero-order valence-corrected chi connectivity index (χ0v) is 11.3. The average molecular weight is 291 g/mol. The molecule has 0 spiro atoms. The van der Waals surface area contributed by atoms with Gasteiger partial charge in [-0.2, -0.15) is 0 Å². The Bertz CT molecular complexity index is 373. The minimum atomic E-state index is -0.395. The van der Waals surface area contributed by atoms with Crippen LogP contribution >= 0.6 is 27.5 Å². The molecule has 1 aromatic rings. The van der Waals surface area contributed by atoms with E-state index in [9.17, 15) is 4.79 Å². The molecule has 1 aromatic heterocycles. The summed E-state index contributed by atoms with van der Waals surface area (Å²) < 4.78 is 0. The molecule has 0 bridgehead atoms. The summed E-state index contributed by atoms with van der Waals surface area (Å²) in [6.45, 7) is 5.65. The monoisotopic (exact) mass is 289 g/mol. The maximum atomic E-state index is 12.0. The van der Waals surface area contributed by atoms with Crippen LogP contribution in [0, 0.1) is 5.41 Å². The quantitative estimate of drug-likeness (QED) is 0.613. The molecule has 1 rings (SSSR count). The zero-order valence-electron chi connectivity index (χ0n) is 8.92. The van der Waals surface area contributed by atoms with Crippen LogP contribution in [-0.4, -0.2) is 10.8 Å². The van der Waals surface area contributed by atoms with Gasteiger partial charge < -0.3 is 0 Å². The third-order valence-electron chi connectivity index (χ3n) is 2.03. The molecule has 0 aliphatic carbocycles. The Morgan fingerprint density at radius 2 is 2.13 bits per heavy atom. The predicted octanol–water partition coefficient (Wildman–Crippen LogP) is 3.79. The molecule has 2 nitrogen and oxygen atoms in total. The van der Waals surface area contributed by atoms with E-state index >= 15 is 0 Å². The molecule has 0 saturated carbocycles. The Kier molecular flexibility index (Phi) is 3.90. The Morgan fingerprint density at radius 1 is 1.53 bits per heavy atom. The van der Waals surface area contributed by atoms with Crippen molar-refractivity contribution in [3.63, 3.8) is 0 Å². The number of pyridine rings is 1. The fraction of sp³-hybridized carbons (Fsp3) is 0.455. The van der Waals surface area contributed by atoms with E-state index in [1.165, 1.54) is 0 Å². The molecule has 1 unspecified atom stereocenters. The Hall–Kier alpha value is -0.410. The molecular weight excluding hydrogens is 277 g/mol. The first-order chi connectivity index (χ1) is 6.84. The van der Waals surface area contributed by atoms with Crippen molar-refractivity contribution in [3.05, 3.63) is 29.0 Å². The number of nitrogens with zero attached hydrogens (tertiary/aromatic N) is 1. The average Bonchev–Trinajstić information content (AvgIpc) is 2.15. The molecule has 0 aliphatic heterocycles. The molecule has 15 heavy (non-hydrogen) atoms. The topological polar surface area (TPSA) is 30.0 Å². The van der Waals surface area contributed by atoms with Crippen LogP contribution in [-0.2, 0) is 4.79 Å². The Morgan fingerprint density at radius 3 is 2.60 bits per heavy atom. The summed E-state index contributed by atoms with van der Waals surface area (Å²) in [5.41, 5.74) is 0.326. The molecule has 1 heterocycles. The standard InChI is InChI=1S/C11H13BrClNO/c1-11(2,3)9(15)8(12)7-5-4-6-14-10(7)13/h4-6,8H,1-3H3. The highest BCUT2D eigenvalue weighted by molar-refractivity contribution is 9.09. The van der Waals surface area contributed by atoms with Crippen LogP contribution in [0.2, 0.25) is 5.15 Å². The van der Waals surface area contributed by atoms with Crippen LogP contribution < -0.4 is 0 Å². The van der Waals surface area contributed by atoms with Crippen molar-refractivity contribution in [1.29, 1.82) is 0 Å². The number of aromatic nitrogens is 1. The summed E-state index contributed by atoms with van der Waals surface area (Å²) in [6, 6.07) is 3.57. The first-order valence-corrected chi connectivity index (χ1v) is 5.92. The third-order valence-corrected chi connectivity index (χ3v) is 3.26. The second-order valence-electron chi connectivity index (χ2n) is 4.36. The van der Waals surface area contributed by atoms with Gasteiger partial charge in [0.2, 0.25) is 0 Å². The van der Waals surface area contributed by atoms with Crippen molar-refractivity contribution in [1.82, 2.24) is 4.98 Å². The van der Waals surface area contributed by atoms with Gasteiger partial charge in [-0.3, -0.25) is 4.79 Å². The fourth-order valence-corrected chi connectivity index (χ4v) is 2.53. The van der Waals surface area contributed by atoms with Crippen molar-refractivity contribution >= 4 is 33.3 Å². The summed E-state index contributed by atoms with van der Waals surface area (Å²) in [7, 11) is 0. The van der Waals surface area contributed by atoms with E-state index in [1.807, 2.05) is 20.8 Å². The first-order valence-electron chi connectivity index (χ1n) is 4.63. The molecule has 4 heteroatoms. The summed E-state index contributed by atoms with van der Waals surface area (Å²) in [6.07, 6.45) is 1.60. The van der Waals surface area contributed by atoms with Crippen LogP contribution in [0.3, 0.4) is 0 Å². The highest BCUT2D eigenvalue weighted by Gasteiger charge is 2.30. The van der Waals surface area contributed by atoms with E-state index in [2.05, 4.69) is 20.9 Å². The van der Waals surface area contributed by atoms with Gasteiger partial charge in [-0.05, 0) is 6.07 Å². The molecule has 0 amide bonds. The maximum Gasteiger partial charge on any atom is 0.156 e. The van der Waals surface area contributed by atoms with Crippen LogP contribution in [0.4, 0.5) is 0 Å². The van der Waals surface area contributed by atoms with Crippen molar-refractivity contribution in [3.8, 4) is 0 Å². The number of hydrogen-bond donors (Lipinski definition) is 0. The fourth-order valence-electron chi connectivity index (χ4n) is 1.11. The smallest absolute Gasteiger partial charge is 0.156 e. The minimum absolute atomic E-state index is 0.0948. The lowest BCUT2D eigenvalue weighted by molar-refractivity contribution is -0.125. The van der Waals surface area contributed by atoms with E-state index in [0.29, 0.717) is 5.15 Å². The molecule has 0 N–H and O–H groups in total. The van der Waals surface area contributed by atoms with E-state index in [1.54, 1.807) is 18.3 Å². The molecule has 0 saturated heterocycles. The zero-order chi connectivity index (χ0) is 11.6. The SMILES string of the molecule is CC(C)(C)C(=O)C(Br)c1cccnc1Cl. The van der Waals surface area contributed by atoms with Crippen molar-refractivity contribution in [2.24, 2.45) is 5.41 Å². The number of ketones is 1. The van der Waals surface area contributed by atoms with Crippen LogP contribution in [0.1, 0.15) is 31.2 Å². The molecule has 0 aliphatic rings. The van der Waals surface area contributed by atoms with Crippen LogP contribution in [0.5, 0.6) is 0 Å². The van der Waals surface area contributed by atoms with Crippen molar-refractivity contribution < 1.29 is 4.79 Å². The van der Waals surface area contributed by atoms with Gasteiger partial charge in [0.15, 0.2) is 5.78 Å². The van der Waals surface area contributed by atoms with Gasteiger partial charge in [0.25, 0.3) is 0 Å². The van der Waals surface area contributed by atoms with E-state index in [4.69, 9.17) is 11.6 Å². The van der Waals surface area contributed by atoms with E-state index in [-0.39, 0.29) is 5.78 Å². The second-order valence-corrected chi connectivity index (χ2v) is 5.63. The summed E-state index contributed by atoms with van der Waals surface area (Å²) >= 11 is 9.28. The lowest BCUT2D eigenvalue weighted by atomic mass is 9.87. The molecular formula is C11H13BrClNO. The number of alkyl halides is 1.